The van der Waals surface area contributed by atoms with Crippen LogP contribution in [0.1, 0.15) is 0 Å². The number of hydrogen-bond acceptors (Lipinski definition) is 3. The SMILES string of the molecule is [O]=[Ti]=[O].[c]1cc2ccccc2s1. The van der Waals surface area contributed by atoms with Gasteiger partial charge in [0.1, 0.15) is 0 Å². The molecule has 0 saturated carbocycles. The predicted molar refractivity (Wildman–Crippen MR) is 42.0 cm³/mol. The van der Waals surface area contributed by atoms with Crippen LogP contribution in [0, 0.1) is 5.38 Å². The third-order valence-corrected chi connectivity index (χ3v) is 2.13. The Balaban J connectivity index is 0.000000213. The Bertz CT molecular complexity index is 360. The van der Waals surface area contributed by atoms with Crippen LogP contribution in [0.3, 0.4) is 0 Å². The van der Waals surface area contributed by atoms with Gasteiger partial charge in [-0.15, -0.1) is 11.3 Å². The van der Waals surface area contributed by atoms with E-state index in [0.29, 0.717) is 0 Å². The Kier molecular flexibility index (Phi) is 4.15. The summed E-state index contributed by atoms with van der Waals surface area (Å²) in [5, 5.41) is 4.37. The fourth-order valence-corrected chi connectivity index (χ4v) is 1.55. The summed E-state index contributed by atoms with van der Waals surface area (Å²) in [4.78, 5) is 0. The molecule has 0 aliphatic rings. The molecule has 0 saturated heterocycles. The molecule has 0 aliphatic heterocycles. The maximum atomic E-state index is 8.50. The second-order valence-corrected chi connectivity index (χ2v) is 3.13. The molecule has 12 heavy (non-hydrogen) atoms. The average Bonchev–Trinajstić information content (AvgIpc) is 2.52. The van der Waals surface area contributed by atoms with Gasteiger partial charge >= 0.3 is 25.7 Å². The third kappa shape index (κ3) is 2.52. The fraction of sp³-hybridized carbons (Fsp3) is 0. The van der Waals surface area contributed by atoms with Gasteiger partial charge in [0.15, 0.2) is 0 Å². The summed E-state index contributed by atoms with van der Waals surface area (Å²) in [6.45, 7) is 0. The summed E-state index contributed by atoms with van der Waals surface area (Å²) >= 11 is -0.338. The van der Waals surface area contributed by atoms with E-state index < -0.39 is 19.1 Å². The molecule has 0 unspecified atom stereocenters. The van der Waals surface area contributed by atoms with Crippen molar-refractivity contribution in [1.82, 2.24) is 0 Å². The van der Waals surface area contributed by atoms with Crippen LogP contribution in [0.4, 0.5) is 0 Å². The zero-order chi connectivity index (χ0) is 8.81. The van der Waals surface area contributed by atoms with Gasteiger partial charge in [-0.1, -0.05) is 18.2 Å². The molecule has 4 heteroatoms. The van der Waals surface area contributed by atoms with Gasteiger partial charge in [0, 0.05) is 10.1 Å². The van der Waals surface area contributed by atoms with Crippen LogP contribution in [-0.4, -0.2) is 0 Å². The van der Waals surface area contributed by atoms with Gasteiger partial charge in [-0.05, 0) is 17.5 Å². The number of fused-ring (bicyclic) bond motifs is 1. The topological polar surface area (TPSA) is 34.1 Å². The molecule has 1 aromatic heterocycles. The molecule has 1 heterocycles. The monoisotopic (exact) mass is 213 g/mol. The predicted octanol–water partition coefficient (Wildman–Crippen LogP) is 2.46. The van der Waals surface area contributed by atoms with Crippen molar-refractivity contribution in [3.8, 4) is 0 Å². The van der Waals surface area contributed by atoms with E-state index in [1.807, 2.05) is 18.2 Å². The van der Waals surface area contributed by atoms with Crippen molar-refractivity contribution in [2.24, 2.45) is 0 Å². The van der Waals surface area contributed by atoms with Gasteiger partial charge in [-0.2, -0.15) is 0 Å². The first-order valence-electron chi connectivity index (χ1n) is 3.22. The van der Waals surface area contributed by atoms with Crippen LogP contribution < -0.4 is 0 Å². The smallest absolute Gasteiger partial charge is 0.0455 e. The van der Waals surface area contributed by atoms with Crippen molar-refractivity contribution < 1.29 is 25.7 Å². The average molecular weight is 213 g/mol. The molecular weight excluding hydrogens is 208 g/mol. The van der Waals surface area contributed by atoms with Gasteiger partial charge in [0.05, 0.1) is 0 Å². The van der Waals surface area contributed by atoms with Gasteiger partial charge < -0.3 is 0 Å². The first kappa shape index (κ1) is 9.58. The van der Waals surface area contributed by atoms with E-state index in [2.05, 4.69) is 17.5 Å². The summed E-state index contributed by atoms with van der Waals surface area (Å²) < 4.78 is 18.3. The zero-order valence-corrected chi connectivity index (χ0v) is 8.49. The molecule has 0 N–H and O–H groups in total. The normalized spacial score (nSPS) is 8.33. The van der Waals surface area contributed by atoms with Gasteiger partial charge in [0.25, 0.3) is 0 Å². The number of thiophene rings is 1. The largest absolute Gasteiger partial charge is 0.134 e. The van der Waals surface area contributed by atoms with Crippen LogP contribution >= 0.6 is 11.3 Å². The molecule has 59 valence electrons. The molecule has 1 radical (unpaired) electrons. The second kappa shape index (κ2) is 5.19. The molecule has 0 amide bonds. The molecule has 2 rings (SSSR count). The summed E-state index contributed by atoms with van der Waals surface area (Å²) in [7, 11) is 0. The molecular formula is C8H5O2STi. The minimum atomic E-state index is -2.00. The first-order chi connectivity index (χ1) is 5.88. The maximum absolute atomic E-state index is 8.50. The van der Waals surface area contributed by atoms with E-state index in [1.54, 1.807) is 11.3 Å². The number of rotatable bonds is 0. The minimum Gasteiger partial charge on any atom is -0.134 e. The Morgan fingerprint density at radius 2 is 1.92 bits per heavy atom. The molecule has 0 fully saturated rings. The van der Waals surface area contributed by atoms with Crippen molar-refractivity contribution >= 4 is 21.4 Å². The van der Waals surface area contributed by atoms with E-state index in [4.69, 9.17) is 6.65 Å². The Morgan fingerprint density at radius 3 is 2.58 bits per heavy atom. The molecule has 2 nitrogen and oxygen atoms in total. The maximum Gasteiger partial charge on any atom is 0.0455 e. The zero-order valence-electron chi connectivity index (χ0n) is 6.11. The molecule has 0 spiro atoms. The van der Waals surface area contributed by atoms with Crippen LogP contribution in [0.5, 0.6) is 0 Å². The van der Waals surface area contributed by atoms with Crippen molar-refractivity contribution in [2.75, 3.05) is 0 Å². The van der Waals surface area contributed by atoms with Crippen LogP contribution in [0.2, 0.25) is 0 Å². The molecule has 0 aliphatic carbocycles. The third-order valence-electron chi connectivity index (χ3n) is 1.30. The van der Waals surface area contributed by atoms with Gasteiger partial charge in [-0.25, -0.2) is 0 Å². The van der Waals surface area contributed by atoms with E-state index in [-0.39, 0.29) is 0 Å². The summed E-state index contributed by atoms with van der Waals surface area (Å²) in [6.07, 6.45) is 0. The van der Waals surface area contributed by atoms with Crippen LogP contribution in [0.25, 0.3) is 10.1 Å². The van der Waals surface area contributed by atoms with Gasteiger partial charge in [-0.3, -0.25) is 0 Å². The van der Waals surface area contributed by atoms with E-state index >= 15 is 0 Å². The van der Waals surface area contributed by atoms with E-state index in [9.17, 15) is 0 Å². The Hall–Kier alpha value is -0.506. The van der Waals surface area contributed by atoms with Crippen LogP contribution in [0.15, 0.2) is 30.3 Å². The van der Waals surface area contributed by atoms with Crippen molar-refractivity contribution in [3.63, 3.8) is 0 Å². The second-order valence-electron chi connectivity index (χ2n) is 1.99. The molecule has 1 aromatic carbocycles. The summed E-state index contributed by atoms with van der Waals surface area (Å²) in [5.74, 6) is 0. The van der Waals surface area contributed by atoms with Gasteiger partial charge in [0.2, 0.25) is 0 Å². The standard InChI is InChI=1S/C8H5S.2O.Ti/c1-2-4-8-7(3-1)5-6-9-8;;;/h1-5H;;;. The summed E-state index contributed by atoms with van der Waals surface area (Å²) in [6, 6.07) is 10.3. The number of benzene rings is 1. The van der Waals surface area contributed by atoms with Crippen molar-refractivity contribution in [2.45, 2.75) is 0 Å². The van der Waals surface area contributed by atoms with E-state index in [1.165, 1.54) is 10.1 Å². The number of hydrogen-bond donors (Lipinski definition) is 0. The van der Waals surface area contributed by atoms with Crippen LogP contribution in [-0.2, 0) is 25.7 Å². The quantitative estimate of drug-likeness (QED) is 0.630. The molecule has 0 atom stereocenters. The molecule has 2 aromatic rings. The fourth-order valence-electron chi connectivity index (χ4n) is 0.849. The van der Waals surface area contributed by atoms with Crippen molar-refractivity contribution in [1.29, 1.82) is 0 Å². The first-order valence-corrected chi connectivity index (χ1v) is 5.31. The minimum absolute atomic E-state index is 1.29. The Morgan fingerprint density at radius 1 is 1.25 bits per heavy atom. The molecule has 0 bridgehead atoms. The van der Waals surface area contributed by atoms with Crippen molar-refractivity contribution in [3.05, 3.63) is 35.7 Å². The van der Waals surface area contributed by atoms with E-state index in [0.717, 1.165) is 0 Å². The summed E-state index contributed by atoms with van der Waals surface area (Å²) in [5.41, 5.74) is 0. The Labute approximate surface area is 82.8 Å².